The van der Waals surface area contributed by atoms with E-state index in [0.29, 0.717) is 39.1 Å². The Morgan fingerprint density at radius 3 is 2.54 bits per heavy atom. The third-order valence-electron chi connectivity index (χ3n) is 6.06. The maximum Gasteiger partial charge on any atom is 0.301 e. The number of carbonyl (C=O) groups excluding carboxylic acids is 3. The van der Waals surface area contributed by atoms with Gasteiger partial charge in [0.15, 0.2) is 10.9 Å². The third kappa shape index (κ3) is 5.45. The molecule has 1 aliphatic heterocycles. The molecule has 1 N–H and O–H groups in total. The van der Waals surface area contributed by atoms with Crippen LogP contribution in [0.15, 0.2) is 54.1 Å². The van der Waals surface area contributed by atoms with Gasteiger partial charge in [-0.2, -0.15) is 0 Å². The Hall–Kier alpha value is -3.49. The molecule has 0 aliphatic carbocycles. The Morgan fingerprint density at radius 2 is 1.89 bits per heavy atom. The molecule has 2 aromatic carbocycles. The van der Waals surface area contributed by atoms with E-state index < -0.39 is 17.7 Å². The average molecular weight is 539 g/mol. The van der Waals surface area contributed by atoms with E-state index in [-0.39, 0.29) is 22.2 Å². The van der Waals surface area contributed by atoms with Gasteiger partial charge in [-0.05, 0) is 55.3 Å². The first kappa shape index (κ1) is 26.6. The second-order valence-electron chi connectivity index (χ2n) is 8.77. The van der Waals surface area contributed by atoms with E-state index in [1.165, 1.54) is 11.8 Å². The number of aliphatic hydroxyl groups is 1. The van der Waals surface area contributed by atoms with Crippen LogP contribution in [-0.4, -0.2) is 34.2 Å². The van der Waals surface area contributed by atoms with E-state index in [1.54, 1.807) is 49.4 Å². The Bertz CT molecular complexity index is 1380. The monoisotopic (exact) mass is 538 g/mol. The zero-order chi connectivity index (χ0) is 26.7. The highest BCUT2D eigenvalue weighted by atomic mass is 35.5. The molecule has 1 fully saturated rings. The number of hydrogen-bond acceptors (Lipinski definition) is 7. The Kier molecular flexibility index (Phi) is 8.10. The first-order valence-corrected chi connectivity index (χ1v) is 13.2. The molecular weight excluding hydrogens is 512 g/mol. The highest BCUT2D eigenvalue weighted by Gasteiger charge is 2.48. The molecular formula is C28H27ClN2O5S. The molecule has 0 spiro atoms. The maximum absolute atomic E-state index is 13.4. The number of benzene rings is 2. The van der Waals surface area contributed by atoms with Crippen molar-refractivity contribution in [3.63, 3.8) is 0 Å². The number of unbranched alkanes of at least 4 members (excludes halogenated alkanes) is 2. The number of aromatic nitrogens is 1. The largest absolute Gasteiger partial charge is 0.507 e. The van der Waals surface area contributed by atoms with Crippen LogP contribution in [0.3, 0.4) is 0 Å². The number of thiazole rings is 1. The van der Waals surface area contributed by atoms with Gasteiger partial charge < -0.3 is 9.84 Å². The number of rotatable bonds is 9. The van der Waals surface area contributed by atoms with Crippen LogP contribution in [0.4, 0.5) is 5.13 Å². The molecule has 4 rings (SSSR count). The number of halogens is 1. The Morgan fingerprint density at radius 1 is 1.16 bits per heavy atom. The van der Waals surface area contributed by atoms with Crippen molar-refractivity contribution >= 4 is 51.3 Å². The van der Waals surface area contributed by atoms with Gasteiger partial charge in [0, 0.05) is 17.5 Å². The van der Waals surface area contributed by atoms with Crippen molar-refractivity contribution in [3.05, 3.63) is 80.8 Å². The van der Waals surface area contributed by atoms with Gasteiger partial charge in [-0.15, -0.1) is 0 Å². The summed E-state index contributed by atoms with van der Waals surface area (Å²) < 4.78 is 5.91. The summed E-state index contributed by atoms with van der Waals surface area (Å²) in [6, 6.07) is 12.5. The van der Waals surface area contributed by atoms with Gasteiger partial charge in [0.1, 0.15) is 11.5 Å². The van der Waals surface area contributed by atoms with Crippen LogP contribution in [0.25, 0.3) is 5.76 Å². The molecule has 1 saturated heterocycles. The summed E-state index contributed by atoms with van der Waals surface area (Å²) in [6.07, 6.45) is 3.02. The number of aryl methyl sites for hydroxylation is 1. The summed E-state index contributed by atoms with van der Waals surface area (Å²) >= 11 is 7.05. The fourth-order valence-corrected chi connectivity index (χ4v) is 5.35. The fraction of sp³-hybridized carbons (Fsp3) is 0.286. The molecule has 7 nitrogen and oxygen atoms in total. The Balaban J connectivity index is 1.85. The topological polar surface area (TPSA) is 96.8 Å². The first-order valence-electron chi connectivity index (χ1n) is 12.0. The number of anilines is 1. The van der Waals surface area contributed by atoms with E-state index >= 15 is 0 Å². The van der Waals surface area contributed by atoms with Gasteiger partial charge >= 0.3 is 5.91 Å². The van der Waals surface area contributed by atoms with Crippen LogP contribution in [-0.2, 0) is 9.59 Å². The third-order valence-corrected chi connectivity index (χ3v) is 7.57. The summed E-state index contributed by atoms with van der Waals surface area (Å²) in [7, 11) is 0. The predicted octanol–water partition coefficient (Wildman–Crippen LogP) is 6.50. The lowest BCUT2D eigenvalue weighted by atomic mass is 9.95. The molecule has 0 bridgehead atoms. The summed E-state index contributed by atoms with van der Waals surface area (Å²) in [5, 5.41) is 11.9. The van der Waals surface area contributed by atoms with E-state index in [2.05, 4.69) is 11.9 Å². The summed E-state index contributed by atoms with van der Waals surface area (Å²) in [6.45, 7) is 5.76. The van der Waals surface area contributed by atoms with Gasteiger partial charge in [-0.3, -0.25) is 19.3 Å². The van der Waals surface area contributed by atoms with Crippen molar-refractivity contribution in [1.82, 2.24) is 4.98 Å². The molecule has 9 heteroatoms. The first-order chi connectivity index (χ1) is 17.7. The second-order valence-corrected chi connectivity index (χ2v) is 10.2. The van der Waals surface area contributed by atoms with Crippen molar-refractivity contribution in [2.24, 2.45) is 0 Å². The van der Waals surface area contributed by atoms with Crippen LogP contribution < -0.4 is 9.64 Å². The Labute approximate surface area is 224 Å². The molecule has 3 aromatic rings. The second kappa shape index (κ2) is 11.3. The molecule has 1 aliphatic rings. The van der Waals surface area contributed by atoms with Crippen LogP contribution in [0.1, 0.15) is 65.6 Å². The normalized spacial score (nSPS) is 16.9. The summed E-state index contributed by atoms with van der Waals surface area (Å²) in [4.78, 5) is 44.9. The van der Waals surface area contributed by atoms with Gasteiger partial charge in [-0.1, -0.05) is 54.8 Å². The lowest BCUT2D eigenvalue weighted by molar-refractivity contribution is -0.132. The number of nitrogens with zero attached hydrogens (tertiary/aromatic N) is 2. The minimum Gasteiger partial charge on any atom is -0.507 e. The molecule has 1 aromatic heterocycles. The van der Waals surface area contributed by atoms with Crippen molar-refractivity contribution in [1.29, 1.82) is 0 Å². The zero-order valence-electron chi connectivity index (χ0n) is 20.8. The molecule has 2 heterocycles. The number of ketones is 2. The van der Waals surface area contributed by atoms with Gasteiger partial charge in [-0.25, -0.2) is 4.98 Å². The number of carbonyl (C=O) groups is 3. The van der Waals surface area contributed by atoms with E-state index in [1.807, 2.05) is 6.07 Å². The quantitative estimate of drug-likeness (QED) is 0.110. The highest BCUT2D eigenvalue weighted by Crippen LogP contribution is 2.44. The smallest absolute Gasteiger partial charge is 0.301 e. The maximum atomic E-state index is 13.4. The van der Waals surface area contributed by atoms with E-state index in [4.69, 9.17) is 16.3 Å². The number of Topliss-reactive ketones (excluding diaryl/α,β-unsaturated/α-hetero) is 2. The summed E-state index contributed by atoms with van der Waals surface area (Å²) in [5.74, 6) is -1.59. The SMILES string of the molecule is CCCCCOc1cccc(C2C(=C(O)c3ccc(Cl)cc3)C(=O)C(=O)N2c2nc(C)c(C(C)=O)s2)c1. The predicted molar refractivity (Wildman–Crippen MR) is 145 cm³/mol. The lowest BCUT2D eigenvalue weighted by Gasteiger charge is -2.23. The molecule has 192 valence electrons. The molecule has 0 saturated carbocycles. The molecule has 1 unspecified atom stereocenters. The van der Waals surface area contributed by atoms with E-state index in [9.17, 15) is 19.5 Å². The number of amides is 1. The van der Waals surface area contributed by atoms with Crippen molar-refractivity contribution in [3.8, 4) is 5.75 Å². The molecule has 37 heavy (non-hydrogen) atoms. The van der Waals surface area contributed by atoms with Crippen LogP contribution in [0.5, 0.6) is 5.75 Å². The zero-order valence-corrected chi connectivity index (χ0v) is 22.4. The minimum atomic E-state index is -0.972. The van der Waals surface area contributed by atoms with Gasteiger partial charge in [0.2, 0.25) is 0 Å². The standard InChI is InChI=1S/C28H27ClN2O5S/c1-4-5-6-14-36-21-9-7-8-19(15-21)23-22(24(33)18-10-12-20(29)13-11-18)25(34)27(35)31(23)28-30-16(2)26(37-28)17(3)32/h7-13,15,23,33H,4-6,14H2,1-3H3. The number of ether oxygens (including phenoxy) is 1. The molecule has 0 radical (unpaired) electrons. The molecule has 1 atom stereocenters. The lowest BCUT2D eigenvalue weighted by Crippen LogP contribution is -2.29. The highest BCUT2D eigenvalue weighted by molar-refractivity contribution is 7.18. The van der Waals surface area contributed by atoms with Crippen LogP contribution in [0, 0.1) is 6.92 Å². The molecule has 1 amide bonds. The minimum absolute atomic E-state index is 0.0762. The number of hydrogen-bond donors (Lipinski definition) is 1. The fourth-order valence-electron chi connectivity index (χ4n) is 4.24. The van der Waals surface area contributed by atoms with Gasteiger partial charge in [0.25, 0.3) is 5.78 Å². The van der Waals surface area contributed by atoms with Crippen LogP contribution in [0.2, 0.25) is 5.02 Å². The van der Waals surface area contributed by atoms with Crippen molar-refractivity contribution in [2.75, 3.05) is 11.5 Å². The van der Waals surface area contributed by atoms with Crippen molar-refractivity contribution in [2.45, 2.75) is 46.1 Å². The van der Waals surface area contributed by atoms with Crippen molar-refractivity contribution < 1.29 is 24.2 Å². The summed E-state index contributed by atoms with van der Waals surface area (Å²) in [5.41, 5.74) is 1.31. The number of aliphatic hydroxyl groups excluding tert-OH is 1. The van der Waals surface area contributed by atoms with E-state index in [0.717, 1.165) is 30.6 Å². The van der Waals surface area contributed by atoms with Crippen LogP contribution >= 0.6 is 22.9 Å². The average Bonchev–Trinajstić information content (AvgIpc) is 3.39. The van der Waals surface area contributed by atoms with Gasteiger partial charge in [0.05, 0.1) is 28.8 Å².